The maximum absolute atomic E-state index is 13.0. The van der Waals surface area contributed by atoms with E-state index in [2.05, 4.69) is 4.98 Å². The van der Waals surface area contributed by atoms with Gasteiger partial charge in [0.2, 0.25) is 6.41 Å². The smallest absolute Gasteiger partial charge is 0.257 e. The van der Waals surface area contributed by atoms with Crippen molar-refractivity contribution in [2.75, 3.05) is 33.3 Å². The Balaban J connectivity index is 1.67. The van der Waals surface area contributed by atoms with Gasteiger partial charge in [-0.1, -0.05) is 30.3 Å². The molecular weight excluding hydrogens is 354 g/mol. The molecule has 0 atom stereocenters. The summed E-state index contributed by atoms with van der Waals surface area (Å²) < 4.78 is 5.54. The van der Waals surface area contributed by atoms with Gasteiger partial charge in [-0.15, -0.1) is 0 Å². The van der Waals surface area contributed by atoms with Gasteiger partial charge in [0, 0.05) is 43.3 Å². The molecule has 0 saturated carbocycles. The fraction of sp³-hybridized carbons (Fsp3) is 0.227. The molecule has 3 aromatic rings. The van der Waals surface area contributed by atoms with Crippen LogP contribution in [0.2, 0.25) is 0 Å². The predicted octanol–water partition coefficient (Wildman–Crippen LogP) is 2.82. The first-order valence-electron chi connectivity index (χ1n) is 9.22. The lowest BCUT2D eigenvalue weighted by Gasteiger charge is -2.32. The second kappa shape index (κ2) is 7.68. The number of pyridine rings is 1. The Morgan fingerprint density at radius 2 is 1.86 bits per heavy atom. The van der Waals surface area contributed by atoms with E-state index in [1.54, 1.807) is 23.1 Å². The van der Waals surface area contributed by atoms with Crippen molar-refractivity contribution in [2.24, 2.45) is 0 Å². The molecule has 0 unspecified atom stereocenters. The largest absolute Gasteiger partial charge is 0.496 e. The lowest BCUT2D eigenvalue weighted by Crippen LogP contribution is -2.48. The van der Waals surface area contributed by atoms with Crippen molar-refractivity contribution in [3.63, 3.8) is 0 Å². The first-order chi connectivity index (χ1) is 13.7. The summed E-state index contributed by atoms with van der Waals surface area (Å²) >= 11 is 0. The quantitative estimate of drug-likeness (QED) is 0.658. The minimum absolute atomic E-state index is 0.0787. The van der Waals surface area contributed by atoms with Crippen LogP contribution in [0.5, 0.6) is 5.75 Å². The van der Waals surface area contributed by atoms with Crippen LogP contribution in [-0.4, -0.2) is 60.4 Å². The summed E-state index contributed by atoms with van der Waals surface area (Å²) in [7, 11) is 1.57. The lowest BCUT2D eigenvalue weighted by molar-refractivity contribution is -0.119. The summed E-state index contributed by atoms with van der Waals surface area (Å²) in [6.07, 6.45) is 2.61. The van der Waals surface area contributed by atoms with E-state index in [1.165, 1.54) is 0 Å². The molecule has 1 fully saturated rings. The average Bonchev–Trinajstić information content (AvgIpc) is 2.78. The zero-order valence-corrected chi connectivity index (χ0v) is 15.7. The van der Waals surface area contributed by atoms with Gasteiger partial charge in [-0.25, -0.2) is 0 Å². The van der Waals surface area contributed by atoms with Crippen LogP contribution in [0.3, 0.4) is 0 Å². The maximum atomic E-state index is 13.0. The van der Waals surface area contributed by atoms with Crippen LogP contribution in [0.1, 0.15) is 10.4 Å². The molecule has 6 nitrogen and oxygen atoms in total. The topological polar surface area (TPSA) is 62.7 Å². The molecular formula is C22H21N3O3. The highest BCUT2D eigenvalue weighted by molar-refractivity contribution is 5.99. The van der Waals surface area contributed by atoms with Crippen LogP contribution < -0.4 is 4.74 Å². The number of carbonyl (C=O) groups excluding carboxylic acids is 2. The van der Waals surface area contributed by atoms with Crippen molar-refractivity contribution >= 4 is 23.2 Å². The number of carbonyl (C=O) groups is 2. The van der Waals surface area contributed by atoms with Crippen molar-refractivity contribution in [2.45, 2.75) is 0 Å². The number of hydrogen-bond donors (Lipinski definition) is 0. The monoisotopic (exact) mass is 375 g/mol. The molecule has 28 heavy (non-hydrogen) atoms. The Bertz CT molecular complexity index is 1020. The minimum atomic E-state index is -0.0787. The highest BCUT2D eigenvalue weighted by atomic mass is 16.5. The van der Waals surface area contributed by atoms with Crippen molar-refractivity contribution in [1.29, 1.82) is 0 Å². The molecule has 1 aliphatic heterocycles. The van der Waals surface area contributed by atoms with E-state index >= 15 is 0 Å². The molecule has 2 amide bonds. The van der Waals surface area contributed by atoms with E-state index in [0.717, 1.165) is 28.4 Å². The first-order valence-corrected chi connectivity index (χ1v) is 9.22. The third-order valence-corrected chi connectivity index (χ3v) is 5.13. The summed E-state index contributed by atoms with van der Waals surface area (Å²) in [6, 6.07) is 15.6. The molecule has 0 radical (unpaired) electrons. The van der Waals surface area contributed by atoms with Gasteiger partial charge in [0.15, 0.2) is 0 Å². The van der Waals surface area contributed by atoms with Gasteiger partial charge in [0.1, 0.15) is 5.75 Å². The van der Waals surface area contributed by atoms with Gasteiger partial charge < -0.3 is 14.5 Å². The number of rotatable bonds is 4. The van der Waals surface area contributed by atoms with Crippen molar-refractivity contribution in [3.8, 4) is 16.9 Å². The standard InChI is InChI=1S/C22H21N3O3/c1-28-20-14-17(18-6-2-4-16-5-3-9-23-21(16)18)7-8-19(20)22(27)25-12-10-24(15-26)11-13-25/h2-9,14-15H,10-13H2,1H3. The summed E-state index contributed by atoms with van der Waals surface area (Å²) in [4.78, 5) is 31.8. The highest BCUT2D eigenvalue weighted by Crippen LogP contribution is 2.32. The van der Waals surface area contributed by atoms with E-state index in [0.29, 0.717) is 37.5 Å². The SMILES string of the molecule is COc1cc(-c2cccc3cccnc23)ccc1C(=O)N1CCN(C=O)CC1. The van der Waals surface area contributed by atoms with Crippen molar-refractivity contribution in [1.82, 2.24) is 14.8 Å². The molecule has 0 bridgehead atoms. The zero-order chi connectivity index (χ0) is 19.5. The Kier molecular flexibility index (Phi) is 4.93. The van der Waals surface area contributed by atoms with Gasteiger partial charge in [-0.05, 0) is 23.8 Å². The number of benzene rings is 2. The predicted molar refractivity (Wildman–Crippen MR) is 107 cm³/mol. The fourth-order valence-electron chi connectivity index (χ4n) is 3.57. The normalized spacial score (nSPS) is 14.2. The number of amides is 2. The van der Waals surface area contributed by atoms with Gasteiger partial charge in [-0.2, -0.15) is 0 Å². The number of nitrogens with zero attached hydrogens (tertiary/aromatic N) is 3. The summed E-state index contributed by atoms with van der Waals surface area (Å²) in [5.74, 6) is 0.457. The molecule has 6 heteroatoms. The minimum Gasteiger partial charge on any atom is -0.496 e. The van der Waals surface area contributed by atoms with E-state index in [-0.39, 0.29) is 5.91 Å². The van der Waals surface area contributed by atoms with Crippen LogP contribution in [-0.2, 0) is 4.79 Å². The van der Waals surface area contributed by atoms with Crippen LogP contribution in [0.4, 0.5) is 0 Å². The molecule has 0 N–H and O–H groups in total. The Morgan fingerprint density at radius 3 is 2.61 bits per heavy atom. The van der Waals surface area contributed by atoms with Gasteiger partial charge in [0.05, 0.1) is 18.2 Å². The molecule has 1 saturated heterocycles. The van der Waals surface area contributed by atoms with Crippen LogP contribution in [0.25, 0.3) is 22.0 Å². The van der Waals surface area contributed by atoms with Gasteiger partial charge in [0.25, 0.3) is 5.91 Å². The highest BCUT2D eigenvalue weighted by Gasteiger charge is 2.24. The second-order valence-corrected chi connectivity index (χ2v) is 6.73. The molecule has 2 aromatic carbocycles. The number of methoxy groups -OCH3 is 1. The van der Waals surface area contributed by atoms with Crippen LogP contribution >= 0.6 is 0 Å². The number of aromatic nitrogens is 1. The number of ether oxygens (including phenoxy) is 1. The maximum Gasteiger partial charge on any atom is 0.257 e. The van der Waals surface area contributed by atoms with E-state index in [4.69, 9.17) is 4.74 Å². The van der Waals surface area contributed by atoms with Crippen molar-refractivity contribution in [3.05, 3.63) is 60.3 Å². The molecule has 2 heterocycles. The lowest BCUT2D eigenvalue weighted by atomic mass is 9.99. The molecule has 142 valence electrons. The molecule has 0 aliphatic carbocycles. The van der Waals surface area contributed by atoms with E-state index in [9.17, 15) is 9.59 Å². The number of hydrogen-bond acceptors (Lipinski definition) is 4. The number of para-hydroxylation sites is 1. The van der Waals surface area contributed by atoms with Crippen LogP contribution in [0.15, 0.2) is 54.7 Å². The summed E-state index contributed by atoms with van der Waals surface area (Å²) in [6.45, 7) is 2.15. The third kappa shape index (κ3) is 3.29. The van der Waals surface area contributed by atoms with E-state index in [1.807, 2.05) is 48.5 Å². The average molecular weight is 375 g/mol. The van der Waals surface area contributed by atoms with E-state index < -0.39 is 0 Å². The Morgan fingerprint density at radius 1 is 1.07 bits per heavy atom. The fourth-order valence-corrected chi connectivity index (χ4v) is 3.57. The zero-order valence-electron chi connectivity index (χ0n) is 15.7. The summed E-state index contributed by atoms with van der Waals surface area (Å²) in [5, 5.41) is 1.06. The van der Waals surface area contributed by atoms with Gasteiger partial charge in [-0.3, -0.25) is 14.6 Å². The Hall–Kier alpha value is -3.41. The number of fused-ring (bicyclic) bond motifs is 1. The summed E-state index contributed by atoms with van der Waals surface area (Å²) in [5.41, 5.74) is 3.38. The third-order valence-electron chi connectivity index (χ3n) is 5.13. The second-order valence-electron chi connectivity index (χ2n) is 6.73. The van der Waals surface area contributed by atoms with Crippen molar-refractivity contribution < 1.29 is 14.3 Å². The molecule has 0 spiro atoms. The molecule has 4 rings (SSSR count). The van der Waals surface area contributed by atoms with Gasteiger partial charge >= 0.3 is 0 Å². The number of piperazine rings is 1. The van der Waals surface area contributed by atoms with Crippen LogP contribution in [0, 0.1) is 0 Å². The molecule has 1 aliphatic rings. The molecule has 1 aromatic heterocycles. The first kappa shape index (κ1) is 18.0. The Labute approximate surface area is 163 Å².